The van der Waals surface area contributed by atoms with Gasteiger partial charge in [-0.15, -0.1) is 0 Å². The van der Waals surface area contributed by atoms with Gasteiger partial charge in [0.2, 0.25) is 0 Å². The normalized spacial score (nSPS) is 19.6. The van der Waals surface area contributed by atoms with E-state index in [9.17, 15) is 0 Å². The Morgan fingerprint density at radius 2 is 1.90 bits per heavy atom. The van der Waals surface area contributed by atoms with E-state index in [-0.39, 0.29) is 0 Å². The third kappa shape index (κ3) is 2.63. The first-order chi connectivity index (χ1) is 10.4. The fraction of sp³-hybridized carbons (Fsp3) is 0.647. The molecular formula is C17H24N4. The molecular weight excluding hydrogens is 260 g/mol. The van der Waals surface area contributed by atoms with E-state index in [2.05, 4.69) is 26.5 Å². The van der Waals surface area contributed by atoms with Crippen molar-refractivity contribution in [3.63, 3.8) is 0 Å². The van der Waals surface area contributed by atoms with Crippen molar-refractivity contribution >= 4 is 0 Å². The van der Waals surface area contributed by atoms with E-state index in [1.54, 1.807) is 0 Å². The Labute approximate surface area is 126 Å². The second kappa shape index (κ2) is 5.66. The first-order valence-corrected chi connectivity index (χ1v) is 8.47. The number of aryl methyl sites for hydroxylation is 1. The Hall–Kier alpha value is -1.58. The molecule has 2 heterocycles. The van der Waals surface area contributed by atoms with Gasteiger partial charge < -0.3 is 4.57 Å². The van der Waals surface area contributed by atoms with Crippen LogP contribution in [0.3, 0.4) is 0 Å². The maximum Gasteiger partial charge on any atom is 0.0955 e. The van der Waals surface area contributed by atoms with Gasteiger partial charge in [-0.1, -0.05) is 19.3 Å². The third-order valence-corrected chi connectivity index (χ3v) is 5.05. The van der Waals surface area contributed by atoms with Crippen LogP contribution in [0.1, 0.15) is 68.1 Å². The standard InChI is InChI=1S/C17H24N4/c1-2-6-15(7-3-1)21-11-10-14(19-21)12-20-13-18-16-8-4-5-9-17(16)20/h10-11,13,15H,1-9,12H2. The van der Waals surface area contributed by atoms with Crippen LogP contribution in [0.25, 0.3) is 0 Å². The Morgan fingerprint density at radius 3 is 2.81 bits per heavy atom. The number of rotatable bonds is 3. The average Bonchev–Trinajstić information content (AvgIpc) is 3.17. The van der Waals surface area contributed by atoms with Gasteiger partial charge in [-0.25, -0.2) is 4.98 Å². The molecule has 0 aliphatic heterocycles. The maximum atomic E-state index is 4.83. The SMILES string of the molecule is c1cn(C2CCCCC2)nc1Cn1cnc2c1CCCC2. The molecule has 112 valence electrons. The number of imidazole rings is 1. The second-order valence-corrected chi connectivity index (χ2v) is 6.55. The fourth-order valence-corrected chi connectivity index (χ4v) is 3.85. The lowest BCUT2D eigenvalue weighted by Gasteiger charge is -2.21. The van der Waals surface area contributed by atoms with Gasteiger partial charge in [0.25, 0.3) is 0 Å². The van der Waals surface area contributed by atoms with Crippen molar-refractivity contribution in [3.8, 4) is 0 Å². The van der Waals surface area contributed by atoms with E-state index in [0.717, 1.165) is 13.0 Å². The van der Waals surface area contributed by atoms with E-state index >= 15 is 0 Å². The Kier molecular flexibility index (Phi) is 3.53. The molecule has 4 heteroatoms. The summed E-state index contributed by atoms with van der Waals surface area (Å²) in [5.41, 5.74) is 3.92. The molecule has 0 saturated heterocycles. The van der Waals surface area contributed by atoms with Crippen molar-refractivity contribution in [3.05, 3.63) is 35.7 Å². The first-order valence-electron chi connectivity index (χ1n) is 8.47. The largest absolute Gasteiger partial charge is 0.328 e. The minimum Gasteiger partial charge on any atom is -0.328 e. The Morgan fingerprint density at radius 1 is 1.05 bits per heavy atom. The molecule has 0 spiro atoms. The average molecular weight is 284 g/mol. The Bertz CT molecular complexity index is 604. The lowest BCUT2D eigenvalue weighted by Crippen LogP contribution is -2.14. The third-order valence-electron chi connectivity index (χ3n) is 5.05. The molecule has 21 heavy (non-hydrogen) atoms. The molecule has 0 aromatic carbocycles. The molecule has 0 amide bonds. The molecule has 4 nitrogen and oxygen atoms in total. The van der Waals surface area contributed by atoms with Crippen LogP contribution in [0, 0.1) is 0 Å². The summed E-state index contributed by atoms with van der Waals surface area (Å²) in [6.45, 7) is 0.877. The summed E-state index contributed by atoms with van der Waals surface area (Å²) in [5, 5.41) is 4.83. The van der Waals surface area contributed by atoms with E-state index in [4.69, 9.17) is 5.10 Å². The molecule has 0 atom stereocenters. The quantitative estimate of drug-likeness (QED) is 0.864. The predicted molar refractivity (Wildman–Crippen MR) is 82.3 cm³/mol. The minimum absolute atomic E-state index is 0.629. The molecule has 2 aliphatic carbocycles. The van der Waals surface area contributed by atoms with Crippen LogP contribution in [-0.2, 0) is 19.4 Å². The number of nitrogens with zero attached hydrogens (tertiary/aromatic N) is 4. The maximum absolute atomic E-state index is 4.83. The summed E-state index contributed by atoms with van der Waals surface area (Å²) in [7, 11) is 0. The van der Waals surface area contributed by atoms with Gasteiger partial charge in [-0.05, 0) is 44.6 Å². The van der Waals surface area contributed by atoms with Gasteiger partial charge in [0.05, 0.1) is 30.3 Å². The van der Waals surface area contributed by atoms with Crippen molar-refractivity contribution < 1.29 is 0 Å². The fourth-order valence-electron chi connectivity index (χ4n) is 3.85. The second-order valence-electron chi connectivity index (χ2n) is 6.55. The predicted octanol–water partition coefficient (Wildman–Crippen LogP) is 3.51. The van der Waals surface area contributed by atoms with Gasteiger partial charge in [0.15, 0.2) is 0 Å². The summed E-state index contributed by atoms with van der Waals surface area (Å²) in [5.74, 6) is 0. The van der Waals surface area contributed by atoms with Crippen LogP contribution in [0.15, 0.2) is 18.6 Å². The highest BCUT2D eigenvalue weighted by molar-refractivity contribution is 5.17. The molecule has 0 unspecified atom stereocenters. The molecule has 0 radical (unpaired) electrons. The zero-order valence-corrected chi connectivity index (χ0v) is 12.7. The van der Waals surface area contributed by atoms with Crippen LogP contribution in [-0.4, -0.2) is 19.3 Å². The van der Waals surface area contributed by atoms with Gasteiger partial charge in [0.1, 0.15) is 0 Å². The molecule has 1 saturated carbocycles. The minimum atomic E-state index is 0.629. The number of hydrogen-bond acceptors (Lipinski definition) is 2. The van der Waals surface area contributed by atoms with Crippen molar-refractivity contribution in [1.82, 2.24) is 19.3 Å². The highest BCUT2D eigenvalue weighted by Gasteiger charge is 2.18. The topological polar surface area (TPSA) is 35.6 Å². The molecule has 2 aromatic heterocycles. The van der Waals surface area contributed by atoms with E-state index in [0.29, 0.717) is 6.04 Å². The van der Waals surface area contributed by atoms with Crippen LogP contribution >= 0.6 is 0 Å². The zero-order chi connectivity index (χ0) is 14.1. The molecule has 4 rings (SSSR count). The van der Waals surface area contributed by atoms with Crippen LogP contribution in [0.5, 0.6) is 0 Å². The van der Waals surface area contributed by atoms with Gasteiger partial charge in [-0.2, -0.15) is 5.10 Å². The summed E-state index contributed by atoms with van der Waals surface area (Å²) >= 11 is 0. The summed E-state index contributed by atoms with van der Waals surface area (Å²) < 4.78 is 4.51. The molecule has 0 bridgehead atoms. The van der Waals surface area contributed by atoms with E-state index in [1.807, 2.05) is 6.33 Å². The zero-order valence-electron chi connectivity index (χ0n) is 12.7. The molecule has 2 aliphatic rings. The van der Waals surface area contributed by atoms with Crippen molar-refractivity contribution in [2.75, 3.05) is 0 Å². The van der Waals surface area contributed by atoms with Gasteiger partial charge >= 0.3 is 0 Å². The highest BCUT2D eigenvalue weighted by Crippen LogP contribution is 2.27. The van der Waals surface area contributed by atoms with Gasteiger partial charge in [0, 0.05) is 11.9 Å². The van der Waals surface area contributed by atoms with Crippen LogP contribution in [0.4, 0.5) is 0 Å². The van der Waals surface area contributed by atoms with Crippen molar-refractivity contribution in [2.45, 2.75) is 70.4 Å². The molecule has 0 N–H and O–H groups in total. The number of aromatic nitrogens is 4. The smallest absolute Gasteiger partial charge is 0.0955 e. The summed E-state index contributed by atoms with van der Waals surface area (Å²) in [6.07, 6.45) is 15.8. The Balaban J connectivity index is 1.50. The number of hydrogen-bond donors (Lipinski definition) is 0. The van der Waals surface area contributed by atoms with Gasteiger partial charge in [-0.3, -0.25) is 4.68 Å². The summed E-state index contributed by atoms with van der Waals surface area (Å²) in [6, 6.07) is 2.81. The molecule has 1 fully saturated rings. The highest BCUT2D eigenvalue weighted by atomic mass is 15.3. The van der Waals surface area contributed by atoms with E-state index in [1.165, 1.54) is 68.4 Å². The van der Waals surface area contributed by atoms with Crippen molar-refractivity contribution in [2.24, 2.45) is 0 Å². The van der Waals surface area contributed by atoms with E-state index < -0.39 is 0 Å². The van der Waals surface area contributed by atoms with Crippen LogP contribution < -0.4 is 0 Å². The lowest BCUT2D eigenvalue weighted by atomic mass is 9.96. The summed E-state index contributed by atoms with van der Waals surface area (Å²) in [4.78, 5) is 4.58. The lowest BCUT2D eigenvalue weighted by molar-refractivity contribution is 0.328. The monoisotopic (exact) mass is 284 g/mol. The first kappa shape index (κ1) is 13.1. The van der Waals surface area contributed by atoms with Crippen LogP contribution in [0.2, 0.25) is 0 Å². The molecule has 2 aromatic rings. The number of fused-ring (bicyclic) bond motifs is 1. The van der Waals surface area contributed by atoms with Crippen molar-refractivity contribution in [1.29, 1.82) is 0 Å².